The van der Waals surface area contributed by atoms with E-state index in [4.69, 9.17) is 29.5 Å². The predicted octanol–water partition coefficient (Wildman–Crippen LogP) is 7.90. The molecule has 4 saturated heterocycles. The summed E-state index contributed by atoms with van der Waals surface area (Å²) in [6.45, 7) is 34.0. The monoisotopic (exact) mass is 1380 g/mol. The Labute approximate surface area is 588 Å². The van der Waals surface area contributed by atoms with Crippen LogP contribution < -0.4 is 26.5 Å². The van der Waals surface area contributed by atoms with Crippen molar-refractivity contribution >= 4 is 41.2 Å². The van der Waals surface area contributed by atoms with Gasteiger partial charge in [-0.2, -0.15) is 20.4 Å². The fraction of sp³-hybridized carbons (Fsp3) is 0.542. The third kappa shape index (κ3) is 45.6. The number of aliphatic hydroxyl groups is 2. The van der Waals surface area contributed by atoms with Crippen molar-refractivity contribution in [1.82, 2.24) is 64.6 Å². The van der Waals surface area contributed by atoms with E-state index in [2.05, 4.69) is 83.3 Å². The molecular weight excluding hydrogens is 1260 g/mol. The smallest absolute Gasteiger partial charge is 0.410 e. The van der Waals surface area contributed by atoms with Crippen LogP contribution in [0.25, 0.3) is 0 Å². The fourth-order valence-corrected chi connectivity index (χ4v) is 8.86. The minimum Gasteiger partial charge on any atom is -0.497 e. The molecule has 4 fully saturated rings. The average Bonchev–Trinajstić information content (AvgIpc) is 1.78. The molecule has 0 unspecified atom stereocenters. The molecule has 0 spiro atoms. The number of aliphatic carboxylic acids is 1. The lowest BCUT2D eigenvalue weighted by Gasteiger charge is -2.33. The van der Waals surface area contributed by atoms with Gasteiger partial charge < -0.3 is 70.3 Å². The first-order valence-electron chi connectivity index (χ1n) is 33.5. The van der Waals surface area contributed by atoms with Crippen molar-refractivity contribution in [1.29, 1.82) is 0 Å². The number of Topliss-reactive ketones (excluding diaryl/α,β-unsaturated/α-hetero) is 1. The van der Waals surface area contributed by atoms with Gasteiger partial charge in [0, 0.05) is 121 Å². The third-order valence-electron chi connectivity index (χ3n) is 14.0. The quantitative estimate of drug-likeness (QED) is 0.0452. The lowest BCUT2D eigenvalue weighted by Crippen LogP contribution is -2.47. The SMILES string of the molecule is CC(C)=NNC(N)=O.CC(C)=O.CN1CC[C@@H](O)C1.CNCCO.CNc1ccccc1.COc1ccccc1.Cc1ccc(C(=O)N2CCN(C)CC2)cc1.Cc1cnn(C2CCN(C(=O)OC(C)(C)C)CC2)c1.Cc1cnn(CC(=O)O)c1.Cc1cnn(CCN2CCOCC2)c1. The van der Waals surface area contributed by atoms with Crippen LogP contribution >= 0.6 is 0 Å². The van der Waals surface area contributed by atoms with Crippen LogP contribution in [0, 0.1) is 27.7 Å². The average molecular weight is 1380 g/mol. The number of hydrogen-bond donors (Lipinski definition) is 7. The first-order chi connectivity index (χ1) is 47.0. The number of nitrogens with zero attached hydrogens (tertiary/aromatic N) is 12. The number of methoxy groups -OCH3 is 1. The molecule has 0 radical (unpaired) electrons. The normalized spacial score (nSPS) is 14.9. The number of likely N-dealkylation sites (tertiary alicyclic amines) is 2. The summed E-state index contributed by atoms with van der Waals surface area (Å²) in [6.07, 6.45) is 13.8. The van der Waals surface area contributed by atoms with E-state index in [1.54, 1.807) is 45.3 Å². The lowest BCUT2D eigenvalue weighted by molar-refractivity contribution is -0.137. The summed E-state index contributed by atoms with van der Waals surface area (Å²) in [5.74, 6) is 0.365. The summed E-state index contributed by atoms with van der Waals surface area (Å²) in [5.41, 5.74) is 13.6. The number of nitrogens with one attached hydrogen (secondary N) is 3. The third-order valence-corrected chi connectivity index (χ3v) is 14.0. The van der Waals surface area contributed by atoms with Gasteiger partial charge in [0.1, 0.15) is 23.7 Å². The number of nitrogens with two attached hydrogens (primary N) is 1. The number of urea groups is 1. The number of piperidine rings is 1. The van der Waals surface area contributed by atoms with Gasteiger partial charge in [-0.3, -0.25) is 28.5 Å². The second kappa shape index (κ2) is 51.6. The highest BCUT2D eigenvalue weighted by Gasteiger charge is 2.28. The Bertz CT molecular complexity index is 3060. The van der Waals surface area contributed by atoms with Crippen LogP contribution in [0.4, 0.5) is 15.3 Å². The van der Waals surface area contributed by atoms with Gasteiger partial charge in [0.2, 0.25) is 0 Å². The Morgan fingerprint density at radius 2 is 1.20 bits per heavy atom. The number of carbonyl (C=O) groups is 5. The summed E-state index contributed by atoms with van der Waals surface area (Å²) in [4.78, 5) is 64.1. The van der Waals surface area contributed by atoms with E-state index in [9.17, 15) is 24.0 Å². The maximum absolute atomic E-state index is 12.1. The number of amides is 4. The van der Waals surface area contributed by atoms with Gasteiger partial charge >= 0.3 is 18.1 Å². The molecule has 4 aliphatic heterocycles. The zero-order valence-corrected chi connectivity index (χ0v) is 61.9. The van der Waals surface area contributed by atoms with Crippen molar-refractivity contribution in [3.63, 3.8) is 0 Å². The second-order valence-corrected chi connectivity index (χ2v) is 25.1. The number of piperazine rings is 1. The number of carboxylic acid groups (broad SMARTS) is 1. The van der Waals surface area contributed by atoms with E-state index in [0.717, 1.165) is 139 Å². The van der Waals surface area contributed by atoms with Crippen LogP contribution in [0.15, 0.2) is 127 Å². The highest BCUT2D eigenvalue weighted by molar-refractivity contribution is 5.94. The Morgan fingerprint density at radius 3 is 1.58 bits per heavy atom. The topological polar surface area (TPSA) is 318 Å². The number of primary amides is 1. The second-order valence-electron chi connectivity index (χ2n) is 25.1. The summed E-state index contributed by atoms with van der Waals surface area (Å²) in [6, 6.07) is 27.3. The Hall–Kier alpha value is -8.57. The Morgan fingerprint density at radius 1 is 0.667 bits per heavy atom. The number of β-amino-alcohol motifs (C(OH)–C–C–N with tert-alkyl or cyclic N) is 1. The molecule has 4 aliphatic rings. The molecule has 552 valence electrons. The van der Waals surface area contributed by atoms with Crippen molar-refractivity contribution in [2.45, 2.75) is 126 Å². The zero-order valence-electron chi connectivity index (χ0n) is 61.9. The lowest BCUT2D eigenvalue weighted by atomic mass is 10.1. The number of benzene rings is 3. The standard InChI is InChI=1S/C14H23N3O2.C13H18N2O.C10H17N3O.C7H9N.C7H8O.C6H8N2O2.C5H11NO.C4H9N3O.C3H9NO.C3H6O/c1-11-9-15-17(10-11)12-5-7-16(8-6-12)13(18)19-14(2,3)4;1-11-3-5-12(6-4-11)13(16)15-9-7-14(2)8-10-15;1-10-8-11-13(9-10)3-2-12-4-6-14-7-5-12;2*1-8-7-5-3-2-4-6-7;1-5-2-7-8(3-5)4-6(9)10;1-6-3-2-5(7)4-6;1-3(2)6-7-4(5)8;1-4-2-3-5;1-3(2)4/h9-10,12H,5-8H2,1-4H3;3-6H,7-10H2,1-2H3;8-9H,2-7H2,1H3;2-6,8H,1H3;2-6H,1H3;2-3H,4H2,1H3,(H,9,10);5,7H,2-4H2,1H3;1-2H3,(H3,5,7,8);4-5H,2-3H2,1H3;1-2H3/t;;;;;;5-;;;/m......1.../s1. The molecule has 10 rings (SSSR count). The summed E-state index contributed by atoms with van der Waals surface area (Å²) in [5, 5.41) is 46.9. The molecule has 0 bridgehead atoms. The number of carbonyl (C=O) groups excluding carboxylic acids is 4. The molecule has 6 aromatic rings. The van der Waals surface area contributed by atoms with Crippen LogP contribution in [-0.4, -0.2) is 250 Å². The van der Waals surface area contributed by atoms with Crippen molar-refractivity contribution in [2.24, 2.45) is 10.8 Å². The van der Waals surface area contributed by atoms with E-state index in [1.165, 1.54) is 35.2 Å². The van der Waals surface area contributed by atoms with E-state index >= 15 is 0 Å². The number of rotatable bonds is 12. The molecule has 1 atom stereocenters. The minimum atomic E-state index is -0.872. The summed E-state index contributed by atoms with van der Waals surface area (Å²) >= 11 is 0. The number of likely N-dealkylation sites (N-methyl/N-ethyl adjacent to an activating group) is 3. The van der Waals surface area contributed by atoms with Gasteiger partial charge in [0.05, 0.1) is 64.2 Å². The van der Waals surface area contributed by atoms with Crippen molar-refractivity contribution in [3.05, 3.63) is 150 Å². The van der Waals surface area contributed by atoms with E-state index in [1.807, 2.05) is 167 Å². The maximum atomic E-state index is 12.1. The predicted molar refractivity (Wildman–Crippen MR) is 392 cm³/mol. The van der Waals surface area contributed by atoms with Gasteiger partial charge in [0.15, 0.2) is 0 Å². The first kappa shape index (κ1) is 88.4. The number of aromatic nitrogens is 6. The van der Waals surface area contributed by atoms with Crippen molar-refractivity contribution in [3.8, 4) is 5.75 Å². The van der Waals surface area contributed by atoms with Crippen molar-refractivity contribution < 1.29 is 53.5 Å². The molecule has 27 heteroatoms. The number of carboxylic acids is 1. The Balaban J connectivity index is 0.000000568. The van der Waals surface area contributed by atoms with E-state index < -0.39 is 17.6 Å². The molecule has 99 heavy (non-hydrogen) atoms. The highest BCUT2D eigenvalue weighted by atomic mass is 16.6. The molecule has 3 aromatic carbocycles. The molecule has 4 amide bonds. The maximum Gasteiger partial charge on any atom is 0.410 e. The molecule has 3 aromatic heterocycles. The van der Waals surface area contributed by atoms with Gasteiger partial charge in [-0.1, -0.05) is 54.1 Å². The van der Waals surface area contributed by atoms with Gasteiger partial charge in [0.25, 0.3) is 5.91 Å². The van der Waals surface area contributed by atoms with Crippen molar-refractivity contribution in [2.75, 3.05) is 139 Å². The van der Waals surface area contributed by atoms with E-state index in [0.29, 0.717) is 12.6 Å². The number of ether oxygens (including phenoxy) is 3. The highest BCUT2D eigenvalue weighted by Crippen LogP contribution is 2.24. The summed E-state index contributed by atoms with van der Waals surface area (Å²) < 4.78 is 21.0. The molecular formula is C72H118N16O11. The van der Waals surface area contributed by atoms with Crippen LogP contribution in [-0.2, 0) is 32.2 Å². The Kier molecular flexibility index (Phi) is 46.1. The molecule has 8 N–H and O–H groups in total. The van der Waals surface area contributed by atoms with Crippen LogP contribution in [0.3, 0.4) is 0 Å². The summed E-state index contributed by atoms with van der Waals surface area (Å²) in [7, 11) is 9.49. The number of morpholine rings is 1. The van der Waals surface area contributed by atoms with Gasteiger partial charge in [-0.25, -0.2) is 15.0 Å². The zero-order chi connectivity index (χ0) is 74.1. The molecule has 0 saturated carbocycles. The minimum absolute atomic E-state index is 0.0509. The molecule has 7 heterocycles. The van der Waals surface area contributed by atoms with E-state index in [-0.39, 0.29) is 37.0 Å². The number of anilines is 1. The first-order valence-corrected chi connectivity index (χ1v) is 33.5. The van der Waals surface area contributed by atoms with Crippen LogP contribution in [0.2, 0.25) is 0 Å². The number of hydrazone groups is 1. The molecule has 0 aliphatic carbocycles. The largest absolute Gasteiger partial charge is 0.497 e. The van der Waals surface area contributed by atoms with Crippen LogP contribution in [0.1, 0.15) is 106 Å². The molecule has 27 nitrogen and oxygen atoms in total. The number of ketones is 1. The van der Waals surface area contributed by atoms with Gasteiger partial charge in [-0.15, -0.1) is 0 Å². The van der Waals surface area contributed by atoms with Crippen LogP contribution in [0.5, 0.6) is 5.75 Å². The number of aryl methyl sites for hydroxylation is 4. The number of aliphatic hydroxyl groups excluding tert-OH is 2. The number of hydrogen-bond acceptors (Lipinski definition) is 19. The van der Waals surface area contributed by atoms with Gasteiger partial charge in [-0.05, 0) is 170 Å². The number of para-hydroxylation sites is 2. The fourth-order valence-electron chi connectivity index (χ4n) is 8.86.